The summed E-state index contributed by atoms with van der Waals surface area (Å²) in [4.78, 5) is 22.1. The van der Waals surface area contributed by atoms with Crippen LogP contribution in [0.5, 0.6) is 0 Å². The van der Waals surface area contributed by atoms with Gasteiger partial charge in [-0.15, -0.1) is 0 Å². The lowest BCUT2D eigenvalue weighted by molar-refractivity contribution is -0.248. The molecule has 0 aromatic rings. The third-order valence-electron chi connectivity index (χ3n) is 10.9. The Morgan fingerprint density at radius 1 is 0.970 bits per heavy atom. The Bertz CT molecular complexity index is 770. The van der Waals surface area contributed by atoms with Crippen LogP contribution in [0, 0.1) is 46.3 Å². The molecular formula is C26H43NO6. The van der Waals surface area contributed by atoms with E-state index in [1.54, 1.807) is 5.32 Å². The average molecular weight is 466 g/mol. The number of aliphatic carboxylic acids is 1. The smallest absolute Gasteiger partial charge is 0.394 e. The zero-order valence-electron chi connectivity index (χ0n) is 20.4. The van der Waals surface area contributed by atoms with Crippen molar-refractivity contribution in [3.63, 3.8) is 0 Å². The summed E-state index contributed by atoms with van der Waals surface area (Å²) in [6.07, 6.45) is 11.4. The van der Waals surface area contributed by atoms with Crippen LogP contribution in [0.3, 0.4) is 0 Å². The maximum atomic E-state index is 11.4. The van der Waals surface area contributed by atoms with Crippen molar-refractivity contribution in [2.75, 3.05) is 0 Å². The molecule has 4 aliphatic carbocycles. The van der Waals surface area contributed by atoms with E-state index in [0.717, 1.165) is 24.2 Å². The lowest BCUT2D eigenvalue weighted by atomic mass is 9.44. The minimum absolute atomic E-state index is 0.0218. The van der Waals surface area contributed by atoms with Crippen LogP contribution in [-0.2, 0) is 9.59 Å². The highest BCUT2D eigenvalue weighted by atomic mass is 16.5. The van der Waals surface area contributed by atoms with Crippen LogP contribution >= 0.6 is 0 Å². The number of aliphatic hydroxyl groups excluding tert-OH is 1. The number of hydrogen-bond acceptors (Lipinski definition) is 5. The highest BCUT2D eigenvalue weighted by Crippen LogP contribution is 2.68. The van der Waals surface area contributed by atoms with Crippen molar-refractivity contribution in [1.82, 2.24) is 5.32 Å². The van der Waals surface area contributed by atoms with Gasteiger partial charge in [0.2, 0.25) is 0 Å². The van der Waals surface area contributed by atoms with Crippen molar-refractivity contribution in [3.8, 4) is 0 Å². The number of amides is 1. The third kappa shape index (κ3) is 4.23. The lowest BCUT2D eigenvalue weighted by Gasteiger charge is -2.61. The van der Waals surface area contributed by atoms with Gasteiger partial charge in [-0.3, -0.25) is 10.1 Å². The number of rotatable bonds is 5. The number of fused-ring (bicyclic) bond motifs is 5. The number of carbonyl (C=O) groups is 2. The van der Waals surface area contributed by atoms with Crippen LogP contribution in [0.25, 0.3) is 0 Å². The molecule has 0 aliphatic heterocycles. The predicted octanol–water partition coefficient (Wildman–Crippen LogP) is 3.26. The van der Waals surface area contributed by atoms with E-state index in [4.69, 9.17) is 5.11 Å². The van der Waals surface area contributed by atoms with Crippen molar-refractivity contribution in [3.05, 3.63) is 0 Å². The number of hydrogen-bond donors (Lipinski definition) is 5. The monoisotopic (exact) mass is 465 g/mol. The van der Waals surface area contributed by atoms with E-state index in [9.17, 15) is 24.9 Å². The topological polar surface area (TPSA) is 127 Å². The van der Waals surface area contributed by atoms with Gasteiger partial charge in [-0.25, -0.2) is 4.79 Å². The van der Waals surface area contributed by atoms with Gasteiger partial charge in [0.25, 0.3) is 5.91 Å². The second-order valence-corrected chi connectivity index (χ2v) is 12.3. The summed E-state index contributed by atoms with van der Waals surface area (Å²) in [5.74, 6) is -2.79. The van der Waals surface area contributed by atoms with Crippen LogP contribution in [0.15, 0.2) is 0 Å². The zero-order chi connectivity index (χ0) is 24.2. The molecule has 7 nitrogen and oxygen atoms in total. The third-order valence-corrected chi connectivity index (χ3v) is 10.9. The first-order valence-electron chi connectivity index (χ1n) is 13.1. The second-order valence-electron chi connectivity index (χ2n) is 12.3. The quantitative estimate of drug-likeness (QED) is 0.313. The molecule has 4 saturated carbocycles. The molecule has 188 valence electrons. The van der Waals surface area contributed by atoms with Crippen molar-refractivity contribution < 1.29 is 30.0 Å². The van der Waals surface area contributed by atoms with Crippen LogP contribution < -0.4 is 5.32 Å². The largest absolute Gasteiger partial charge is 0.474 e. The molecule has 1 amide bonds. The summed E-state index contributed by atoms with van der Waals surface area (Å²) < 4.78 is 0. The number of carboxylic acids is 1. The Kier molecular flexibility index (Phi) is 6.64. The summed E-state index contributed by atoms with van der Waals surface area (Å²) in [5.41, 5.74) is 0.675. The van der Waals surface area contributed by atoms with Crippen molar-refractivity contribution in [1.29, 1.82) is 0 Å². The summed E-state index contributed by atoms with van der Waals surface area (Å²) >= 11 is 0. The Labute approximate surface area is 197 Å². The maximum absolute atomic E-state index is 11.4. The molecule has 4 rings (SSSR count). The predicted molar refractivity (Wildman–Crippen MR) is 123 cm³/mol. The Balaban J connectivity index is 1.44. The number of carboxylic acid groups (broad SMARTS) is 1. The van der Waals surface area contributed by atoms with Gasteiger partial charge in [0.15, 0.2) is 0 Å². The molecule has 2 unspecified atom stereocenters. The molecule has 0 spiro atoms. The highest BCUT2D eigenvalue weighted by Gasteiger charge is 2.60. The Morgan fingerprint density at radius 2 is 1.67 bits per heavy atom. The van der Waals surface area contributed by atoms with Crippen molar-refractivity contribution in [2.45, 2.75) is 103 Å². The SMILES string of the molecule is C[C@H](CC(O)C(O)(O)NC(=O)C(=O)O)[C@H]1CC[C@H]2[C@@H]3CCC4CCCC[C@]4(C)[C@H]3CC[C@]12C. The highest BCUT2D eigenvalue weighted by molar-refractivity contribution is 6.31. The van der Waals surface area contributed by atoms with E-state index >= 15 is 0 Å². The zero-order valence-corrected chi connectivity index (χ0v) is 20.4. The molecule has 4 fully saturated rings. The van der Waals surface area contributed by atoms with Gasteiger partial charge in [0, 0.05) is 0 Å². The minimum atomic E-state index is -2.96. The van der Waals surface area contributed by atoms with E-state index < -0.39 is 23.9 Å². The van der Waals surface area contributed by atoms with Gasteiger partial charge < -0.3 is 20.4 Å². The summed E-state index contributed by atoms with van der Waals surface area (Å²) in [7, 11) is 0. The van der Waals surface area contributed by atoms with E-state index in [1.807, 2.05) is 6.92 Å². The van der Waals surface area contributed by atoms with E-state index in [-0.39, 0.29) is 17.8 Å². The second kappa shape index (κ2) is 8.80. The fourth-order valence-electron chi connectivity index (χ4n) is 9.26. The molecule has 9 atom stereocenters. The first kappa shape index (κ1) is 24.9. The molecule has 0 aromatic heterocycles. The van der Waals surface area contributed by atoms with Crippen molar-refractivity contribution in [2.24, 2.45) is 46.3 Å². The molecule has 0 bridgehead atoms. The number of aliphatic hydroxyl groups is 3. The van der Waals surface area contributed by atoms with Gasteiger partial charge in [0.05, 0.1) is 0 Å². The van der Waals surface area contributed by atoms with Crippen LogP contribution in [0.1, 0.15) is 91.4 Å². The molecular weight excluding hydrogens is 422 g/mol. The summed E-state index contributed by atoms with van der Waals surface area (Å²) in [6, 6.07) is 0. The fraction of sp³-hybridized carbons (Fsp3) is 0.923. The lowest BCUT2D eigenvalue weighted by Crippen LogP contribution is -2.59. The van der Waals surface area contributed by atoms with E-state index in [2.05, 4.69) is 13.8 Å². The molecule has 0 saturated heterocycles. The fourth-order valence-corrected chi connectivity index (χ4v) is 9.26. The molecule has 4 aliphatic rings. The van der Waals surface area contributed by atoms with Crippen molar-refractivity contribution >= 4 is 11.9 Å². The first-order valence-corrected chi connectivity index (χ1v) is 13.1. The molecule has 0 aromatic carbocycles. The standard InChI is InChI=1S/C26H43NO6/c1-15(14-21(28)26(32,33)27-22(29)23(30)31)18-9-10-19-17-8-7-16-6-4-5-12-24(16,2)20(17)11-13-25(18,19)3/h15-21,28,32-33H,4-14H2,1-3H3,(H,27,29)(H,30,31)/t15-,16?,17+,18-,19+,20+,21?,24+,25-/m1/s1. The van der Waals surface area contributed by atoms with E-state index in [1.165, 1.54) is 57.8 Å². The maximum Gasteiger partial charge on any atom is 0.394 e. The molecule has 33 heavy (non-hydrogen) atoms. The van der Waals surface area contributed by atoms with Gasteiger partial charge in [-0.2, -0.15) is 0 Å². The molecule has 5 N–H and O–H groups in total. The molecule has 0 heterocycles. The molecule has 0 radical (unpaired) electrons. The normalized spacial score (nSPS) is 42.4. The first-order chi connectivity index (χ1) is 15.4. The Morgan fingerprint density at radius 3 is 2.36 bits per heavy atom. The number of nitrogens with one attached hydrogen (secondary N) is 1. The van der Waals surface area contributed by atoms with E-state index in [0.29, 0.717) is 17.3 Å². The summed E-state index contributed by atoms with van der Waals surface area (Å²) in [5, 5.41) is 41.0. The number of carbonyl (C=O) groups excluding carboxylic acids is 1. The van der Waals surface area contributed by atoms with Crippen LogP contribution in [-0.4, -0.2) is 44.3 Å². The minimum Gasteiger partial charge on any atom is -0.474 e. The van der Waals surface area contributed by atoms with Gasteiger partial charge in [-0.05, 0) is 104 Å². The summed E-state index contributed by atoms with van der Waals surface area (Å²) in [6.45, 7) is 7.04. The average Bonchev–Trinajstić information content (AvgIpc) is 3.10. The molecule has 7 heteroatoms. The van der Waals surface area contributed by atoms with Gasteiger partial charge in [0.1, 0.15) is 6.10 Å². The van der Waals surface area contributed by atoms with Crippen LogP contribution in [0.4, 0.5) is 0 Å². The van der Waals surface area contributed by atoms with Gasteiger partial charge in [-0.1, -0.05) is 33.6 Å². The van der Waals surface area contributed by atoms with Crippen LogP contribution in [0.2, 0.25) is 0 Å². The Hall–Kier alpha value is -1.18. The van der Waals surface area contributed by atoms with Gasteiger partial charge >= 0.3 is 11.9 Å².